The Morgan fingerprint density at radius 1 is 1.00 bits per heavy atom. The lowest BCUT2D eigenvalue weighted by atomic mass is 10.1. The smallest absolute Gasteiger partial charge is 0.229 e. The van der Waals surface area contributed by atoms with E-state index >= 15 is 0 Å². The maximum Gasteiger partial charge on any atom is 0.229 e. The van der Waals surface area contributed by atoms with Crippen LogP contribution in [0.25, 0.3) is 0 Å². The Hall–Kier alpha value is -3.42. The highest BCUT2D eigenvalue weighted by Crippen LogP contribution is 2.23. The number of nitrogens with one attached hydrogen (secondary N) is 1. The molecule has 2 aliphatic rings. The van der Waals surface area contributed by atoms with Crippen LogP contribution in [0.1, 0.15) is 30.6 Å². The van der Waals surface area contributed by atoms with Crippen LogP contribution in [0.4, 0.5) is 5.69 Å². The predicted octanol–water partition coefficient (Wildman–Crippen LogP) is 1.92. The van der Waals surface area contributed by atoms with Crippen LogP contribution < -0.4 is 5.32 Å². The second kappa shape index (κ2) is 7.90. The number of imide groups is 1. The van der Waals surface area contributed by atoms with E-state index in [1.807, 2.05) is 0 Å². The van der Waals surface area contributed by atoms with E-state index in [2.05, 4.69) is 5.32 Å². The minimum atomic E-state index is -0.419. The first-order valence-electron chi connectivity index (χ1n) is 9.53. The van der Waals surface area contributed by atoms with E-state index in [-0.39, 0.29) is 49.4 Å². The molecule has 0 radical (unpaired) electrons. The topological polar surface area (TPSA) is 99.9 Å². The molecular weight excluding hydrogens is 374 g/mol. The fourth-order valence-corrected chi connectivity index (χ4v) is 3.61. The number of carbonyl (C=O) groups excluding carboxylic acids is 4. The number of furan rings is 1. The third-order valence-corrected chi connectivity index (χ3v) is 5.23. The molecule has 29 heavy (non-hydrogen) atoms. The Morgan fingerprint density at radius 2 is 1.72 bits per heavy atom. The van der Waals surface area contributed by atoms with Crippen molar-refractivity contribution < 1.29 is 23.6 Å². The molecule has 1 aromatic heterocycles. The third-order valence-electron chi connectivity index (χ3n) is 5.23. The molecule has 2 aromatic rings. The Labute approximate surface area is 167 Å². The summed E-state index contributed by atoms with van der Waals surface area (Å²) in [5, 5.41) is 2.83. The van der Waals surface area contributed by atoms with Gasteiger partial charge in [0.05, 0.1) is 25.3 Å². The van der Waals surface area contributed by atoms with Crippen molar-refractivity contribution >= 4 is 29.3 Å². The molecule has 1 N–H and O–H groups in total. The molecule has 1 atom stereocenters. The summed E-state index contributed by atoms with van der Waals surface area (Å²) in [6, 6.07) is 10.6. The standard InChI is InChI=1S/C21H21N3O5/c25-18-7-8-19(26)24(18)11-14-3-5-16(6-4-14)22-21(28)15-10-20(27)23(12-15)13-17-2-1-9-29-17/h1-6,9,15H,7-8,10-13H2,(H,22,28). The van der Waals surface area contributed by atoms with E-state index in [4.69, 9.17) is 4.42 Å². The van der Waals surface area contributed by atoms with Gasteiger partial charge in [-0.2, -0.15) is 0 Å². The van der Waals surface area contributed by atoms with Crippen LogP contribution in [-0.2, 0) is 32.3 Å². The molecule has 0 spiro atoms. The number of nitrogens with zero attached hydrogens (tertiary/aromatic N) is 2. The number of amides is 4. The maximum absolute atomic E-state index is 12.5. The zero-order valence-electron chi connectivity index (χ0n) is 15.8. The first-order valence-corrected chi connectivity index (χ1v) is 9.53. The summed E-state index contributed by atoms with van der Waals surface area (Å²) in [7, 11) is 0. The molecule has 2 saturated heterocycles. The van der Waals surface area contributed by atoms with E-state index in [0.29, 0.717) is 24.5 Å². The Kier molecular flexibility index (Phi) is 5.16. The highest BCUT2D eigenvalue weighted by atomic mass is 16.3. The summed E-state index contributed by atoms with van der Waals surface area (Å²) in [5.74, 6) is -0.327. The molecule has 4 amide bonds. The molecular formula is C21H21N3O5. The number of hydrogen-bond donors (Lipinski definition) is 1. The second-order valence-electron chi connectivity index (χ2n) is 7.31. The fourth-order valence-electron chi connectivity index (χ4n) is 3.61. The largest absolute Gasteiger partial charge is 0.467 e. The lowest BCUT2D eigenvalue weighted by Gasteiger charge is -2.16. The quantitative estimate of drug-likeness (QED) is 0.753. The highest BCUT2D eigenvalue weighted by Gasteiger charge is 2.34. The van der Waals surface area contributed by atoms with E-state index in [0.717, 1.165) is 5.56 Å². The molecule has 1 aromatic carbocycles. The number of benzene rings is 1. The molecule has 2 aliphatic heterocycles. The zero-order valence-corrected chi connectivity index (χ0v) is 15.8. The van der Waals surface area contributed by atoms with Gasteiger partial charge in [-0.1, -0.05) is 12.1 Å². The number of rotatable bonds is 6. The van der Waals surface area contributed by atoms with E-state index < -0.39 is 5.92 Å². The van der Waals surface area contributed by atoms with Crippen LogP contribution in [0, 0.1) is 5.92 Å². The van der Waals surface area contributed by atoms with Gasteiger partial charge in [-0.25, -0.2) is 0 Å². The molecule has 150 valence electrons. The van der Waals surface area contributed by atoms with Crippen LogP contribution in [0.5, 0.6) is 0 Å². The second-order valence-corrected chi connectivity index (χ2v) is 7.31. The van der Waals surface area contributed by atoms with Gasteiger partial charge in [0, 0.05) is 31.5 Å². The van der Waals surface area contributed by atoms with Crippen molar-refractivity contribution in [1.82, 2.24) is 9.80 Å². The molecule has 0 bridgehead atoms. The van der Waals surface area contributed by atoms with Gasteiger partial charge in [0.25, 0.3) is 0 Å². The van der Waals surface area contributed by atoms with Gasteiger partial charge < -0.3 is 14.6 Å². The molecule has 2 fully saturated rings. The van der Waals surface area contributed by atoms with E-state index in [1.54, 1.807) is 47.6 Å². The van der Waals surface area contributed by atoms with Gasteiger partial charge >= 0.3 is 0 Å². The summed E-state index contributed by atoms with van der Waals surface area (Å²) in [5.41, 5.74) is 1.42. The average Bonchev–Trinajstić information content (AvgIpc) is 3.42. The molecule has 4 rings (SSSR count). The number of anilines is 1. The molecule has 8 heteroatoms. The molecule has 8 nitrogen and oxygen atoms in total. The van der Waals surface area contributed by atoms with Crippen LogP contribution >= 0.6 is 0 Å². The zero-order chi connectivity index (χ0) is 20.4. The Morgan fingerprint density at radius 3 is 2.38 bits per heavy atom. The lowest BCUT2D eigenvalue weighted by Crippen LogP contribution is -2.28. The van der Waals surface area contributed by atoms with Gasteiger partial charge in [0.2, 0.25) is 23.6 Å². The summed E-state index contributed by atoms with van der Waals surface area (Å²) < 4.78 is 5.27. The van der Waals surface area contributed by atoms with Crippen molar-refractivity contribution in [2.24, 2.45) is 5.92 Å². The maximum atomic E-state index is 12.5. The molecule has 0 aliphatic carbocycles. The van der Waals surface area contributed by atoms with E-state index in [1.165, 1.54) is 4.90 Å². The summed E-state index contributed by atoms with van der Waals surface area (Å²) in [6.07, 6.45) is 2.26. The average molecular weight is 395 g/mol. The minimum Gasteiger partial charge on any atom is -0.467 e. The van der Waals surface area contributed by atoms with Crippen molar-refractivity contribution in [3.8, 4) is 0 Å². The van der Waals surface area contributed by atoms with Crippen LogP contribution in [0.15, 0.2) is 47.1 Å². The Balaban J connectivity index is 1.32. The van der Waals surface area contributed by atoms with Gasteiger partial charge in [-0.05, 0) is 29.8 Å². The van der Waals surface area contributed by atoms with Crippen LogP contribution in [0.3, 0.4) is 0 Å². The number of likely N-dealkylation sites (tertiary alicyclic amines) is 2. The number of carbonyl (C=O) groups is 4. The van der Waals surface area contributed by atoms with Crippen molar-refractivity contribution in [2.75, 3.05) is 11.9 Å². The summed E-state index contributed by atoms with van der Waals surface area (Å²) in [6.45, 7) is 0.950. The highest BCUT2D eigenvalue weighted by molar-refractivity contribution is 6.01. The summed E-state index contributed by atoms with van der Waals surface area (Å²) in [4.78, 5) is 51.0. The Bertz CT molecular complexity index is 920. The van der Waals surface area contributed by atoms with Crippen molar-refractivity contribution in [2.45, 2.75) is 32.4 Å². The first kappa shape index (κ1) is 18.9. The third kappa shape index (κ3) is 4.21. The molecule has 3 heterocycles. The monoisotopic (exact) mass is 395 g/mol. The normalized spacial score (nSPS) is 19.3. The number of hydrogen-bond acceptors (Lipinski definition) is 5. The van der Waals surface area contributed by atoms with E-state index in [9.17, 15) is 19.2 Å². The SMILES string of the molecule is O=C(Nc1ccc(CN2C(=O)CCC2=O)cc1)C1CC(=O)N(Cc2ccco2)C1. The van der Waals surface area contributed by atoms with Crippen molar-refractivity contribution in [1.29, 1.82) is 0 Å². The fraction of sp³-hybridized carbons (Fsp3) is 0.333. The first-order chi connectivity index (χ1) is 14.0. The van der Waals surface area contributed by atoms with Crippen molar-refractivity contribution in [3.63, 3.8) is 0 Å². The van der Waals surface area contributed by atoms with Gasteiger partial charge in [0.1, 0.15) is 5.76 Å². The minimum absolute atomic E-state index is 0.0724. The van der Waals surface area contributed by atoms with Crippen molar-refractivity contribution in [3.05, 3.63) is 54.0 Å². The van der Waals surface area contributed by atoms with Gasteiger partial charge in [0.15, 0.2) is 0 Å². The lowest BCUT2D eigenvalue weighted by molar-refractivity contribution is -0.139. The predicted molar refractivity (Wildman–Crippen MR) is 102 cm³/mol. The van der Waals surface area contributed by atoms with Gasteiger partial charge in [-0.3, -0.25) is 24.1 Å². The molecule has 0 saturated carbocycles. The summed E-state index contributed by atoms with van der Waals surface area (Å²) >= 11 is 0. The van der Waals surface area contributed by atoms with Crippen LogP contribution in [-0.4, -0.2) is 40.0 Å². The van der Waals surface area contributed by atoms with Crippen LogP contribution in [0.2, 0.25) is 0 Å². The van der Waals surface area contributed by atoms with Gasteiger partial charge in [-0.15, -0.1) is 0 Å². The molecule has 1 unspecified atom stereocenters.